The molecule has 2 aromatic rings. The number of nitrogens with two attached hydrogens (primary N) is 1. The summed E-state index contributed by atoms with van der Waals surface area (Å²) in [7, 11) is 0. The van der Waals surface area contributed by atoms with E-state index in [1.54, 1.807) is 6.07 Å². The molecule has 0 aliphatic rings. The van der Waals surface area contributed by atoms with Crippen LogP contribution in [0.15, 0.2) is 66.7 Å². The van der Waals surface area contributed by atoms with Gasteiger partial charge in [-0.2, -0.15) is 32.2 Å². The molecule has 0 aliphatic carbocycles. The Morgan fingerprint density at radius 1 is 1.00 bits per heavy atom. The van der Waals surface area contributed by atoms with Crippen LogP contribution in [0.1, 0.15) is 17.2 Å². The van der Waals surface area contributed by atoms with Gasteiger partial charge < -0.3 is 15.5 Å². The Labute approximate surface area is 166 Å². The molecular weight excluding hydrogens is 418 g/mol. The van der Waals surface area contributed by atoms with Gasteiger partial charge in [0.25, 0.3) is 0 Å². The lowest BCUT2D eigenvalue weighted by atomic mass is 10.1. The van der Waals surface area contributed by atoms with Gasteiger partial charge >= 0.3 is 18.4 Å². The van der Waals surface area contributed by atoms with Gasteiger partial charge in [0.05, 0.1) is 11.8 Å². The molecular formula is C18H16F6N4O2. The number of hydrogen-bond acceptors (Lipinski definition) is 4. The summed E-state index contributed by atoms with van der Waals surface area (Å²) in [5, 5.41) is 6.12. The molecule has 0 saturated carbocycles. The van der Waals surface area contributed by atoms with Gasteiger partial charge in [0.2, 0.25) is 5.88 Å². The molecule has 6 nitrogen and oxygen atoms in total. The van der Waals surface area contributed by atoms with Crippen molar-refractivity contribution in [3.63, 3.8) is 0 Å². The number of hydrogen-bond donors (Lipinski definition) is 4. The molecule has 1 unspecified atom stereocenters. The number of anilines is 1. The highest BCUT2D eigenvalue weighted by Gasteiger charge is 2.40. The highest BCUT2D eigenvalue weighted by atomic mass is 19.4. The average molecular weight is 434 g/mol. The van der Waals surface area contributed by atoms with E-state index in [9.17, 15) is 31.1 Å². The van der Waals surface area contributed by atoms with Crippen LogP contribution < -0.4 is 21.8 Å². The quantitative estimate of drug-likeness (QED) is 0.308. The number of carbonyl (C=O) groups excluding carboxylic acids is 1. The van der Waals surface area contributed by atoms with Gasteiger partial charge in [-0.1, -0.05) is 36.4 Å². The fourth-order valence-corrected chi connectivity index (χ4v) is 2.33. The van der Waals surface area contributed by atoms with Crippen LogP contribution in [-0.2, 0) is 11.0 Å². The summed E-state index contributed by atoms with van der Waals surface area (Å²) in [5.74, 6) is 4.34. The minimum absolute atomic E-state index is 0.106. The zero-order chi connectivity index (χ0) is 22.4. The van der Waals surface area contributed by atoms with Crippen LogP contribution in [0.25, 0.3) is 0 Å². The maximum absolute atomic E-state index is 13.3. The minimum atomic E-state index is -4.68. The SMILES string of the molecule is NO/C(=C\NC(c1ccccc1)C(F)(F)F)NC(=O)Nc1cccc(C(F)(F)F)c1. The Kier molecular flexibility index (Phi) is 7.16. The summed E-state index contributed by atoms with van der Waals surface area (Å²) in [6.07, 6.45) is -8.62. The number of rotatable bonds is 6. The van der Waals surface area contributed by atoms with Gasteiger partial charge in [-0.25, -0.2) is 4.79 Å². The van der Waals surface area contributed by atoms with Gasteiger partial charge in [0, 0.05) is 5.69 Å². The largest absolute Gasteiger partial charge is 0.416 e. The third kappa shape index (κ3) is 6.58. The summed E-state index contributed by atoms with van der Waals surface area (Å²) in [6.45, 7) is 0. The smallest absolute Gasteiger partial charge is 0.391 e. The standard InChI is InChI=1S/C18H16F6N4O2/c19-17(20,21)12-7-4-8-13(9-12)27-16(29)28-14(30-25)10-26-15(18(22,23)24)11-5-2-1-3-6-11/h1-10,15,26H,25H2,(H2,27,28,29)/b14-10-. The van der Waals surface area contributed by atoms with E-state index in [0.717, 1.165) is 12.1 Å². The molecule has 1 atom stereocenters. The Morgan fingerprint density at radius 3 is 2.23 bits per heavy atom. The Bertz CT molecular complexity index is 884. The molecule has 0 radical (unpaired) electrons. The second-order valence-electron chi connectivity index (χ2n) is 5.84. The van der Waals surface area contributed by atoms with E-state index in [1.165, 1.54) is 30.3 Å². The number of urea groups is 1. The predicted octanol–water partition coefficient (Wildman–Crippen LogP) is 4.41. The second-order valence-corrected chi connectivity index (χ2v) is 5.84. The van der Waals surface area contributed by atoms with Crippen LogP contribution in [0.2, 0.25) is 0 Å². The normalized spacial score (nSPS) is 13.4. The van der Waals surface area contributed by atoms with Crippen LogP contribution in [0.3, 0.4) is 0 Å². The zero-order valence-electron chi connectivity index (χ0n) is 15.0. The van der Waals surface area contributed by atoms with Crippen LogP contribution >= 0.6 is 0 Å². The van der Waals surface area contributed by atoms with Crippen molar-refractivity contribution in [2.24, 2.45) is 5.90 Å². The van der Waals surface area contributed by atoms with Gasteiger partial charge in [-0.05, 0) is 23.8 Å². The summed E-state index contributed by atoms with van der Waals surface area (Å²) < 4.78 is 78.0. The van der Waals surface area contributed by atoms with Crippen LogP contribution in [0, 0.1) is 0 Å². The highest BCUT2D eigenvalue weighted by molar-refractivity contribution is 5.90. The molecule has 12 heteroatoms. The van der Waals surface area contributed by atoms with Crippen LogP contribution in [-0.4, -0.2) is 12.2 Å². The van der Waals surface area contributed by atoms with E-state index in [2.05, 4.69) is 10.2 Å². The van der Waals surface area contributed by atoms with Gasteiger partial charge in [0.1, 0.15) is 6.04 Å². The Balaban J connectivity index is 2.08. The first-order valence-electron chi connectivity index (χ1n) is 8.20. The van der Waals surface area contributed by atoms with Crippen molar-refractivity contribution < 1.29 is 36.0 Å². The van der Waals surface area contributed by atoms with Crippen LogP contribution in [0.5, 0.6) is 0 Å². The zero-order valence-corrected chi connectivity index (χ0v) is 15.0. The molecule has 0 aromatic heterocycles. The topological polar surface area (TPSA) is 88.4 Å². The second kappa shape index (κ2) is 9.39. The minimum Gasteiger partial charge on any atom is -0.391 e. The highest BCUT2D eigenvalue weighted by Crippen LogP contribution is 2.33. The summed E-state index contributed by atoms with van der Waals surface area (Å²) in [5.41, 5.74) is -1.31. The molecule has 2 rings (SSSR count). The van der Waals surface area contributed by atoms with E-state index < -0.39 is 35.9 Å². The molecule has 0 bridgehead atoms. The number of amides is 2. The molecule has 0 aliphatic heterocycles. The van der Waals surface area contributed by atoms with Crippen molar-refractivity contribution in [2.75, 3.05) is 5.32 Å². The van der Waals surface area contributed by atoms with Gasteiger partial charge in [-0.15, -0.1) is 0 Å². The molecule has 30 heavy (non-hydrogen) atoms. The molecule has 0 spiro atoms. The number of carbonyl (C=O) groups is 1. The van der Waals surface area contributed by atoms with Crippen molar-refractivity contribution in [2.45, 2.75) is 18.4 Å². The molecule has 5 N–H and O–H groups in total. The number of alkyl halides is 6. The van der Waals surface area contributed by atoms with Crippen molar-refractivity contribution >= 4 is 11.7 Å². The molecule has 2 aromatic carbocycles. The predicted molar refractivity (Wildman–Crippen MR) is 95.3 cm³/mol. The van der Waals surface area contributed by atoms with Crippen molar-refractivity contribution in [1.29, 1.82) is 0 Å². The van der Waals surface area contributed by atoms with Crippen LogP contribution in [0.4, 0.5) is 36.8 Å². The van der Waals surface area contributed by atoms with E-state index in [-0.39, 0.29) is 11.3 Å². The Hall–Kier alpha value is -3.41. The first-order chi connectivity index (χ1) is 14.0. The lowest BCUT2D eigenvalue weighted by molar-refractivity contribution is -0.155. The lowest BCUT2D eigenvalue weighted by Crippen LogP contribution is -2.35. The maximum atomic E-state index is 13.3. The molecule has 2 amide bonds. The molecule has 0 fully saturated rings. The van der Waals surface area contributed by atoms with Gasteiger partial charge in [0.15, 0.2) is 0 Å². The van der Waals surface area contributed by atoms with Gasteiger partial charge in [-0.3, -0.25) is 5.32 Å². The number of halogens is 6. The molecule has 162 valence electrons. The fourth-order valence-electron chi connectivity index (χ4n) is 2.33. The van der Waals surface area contributed by atoms with E-state index in [0.29, 0.717) is 12.3 Å². The average Bonchev–Trinajstić information content (AvgIpc) is 2.66. The monoisotopic (exact) mass is 434 g/mol. The summed E-state index contributed by atoms with van der Waals surface area (Å²) >= 11 is 0. The van der Waals surface area contributed by atoms with Crippen molar-refractivity contribution in [1.82, 2.24) is 10.6 Å². The number of benzene rings is 2. The third-order valence-corrected chi connectivity index (χ3v) is 3.65. The summed E-state index contributed by atoms with van der Waals surface area (Å²) in [6, 6.07) is 7.40. The lowest BCUT2D eigenvalue weighted by Gasteiger charge is -2.21. The van der Waals surface area contributed by atoms with E-state index in [1.807, 2.05) is 10.6 Å². The first-order valence-corrected chi connectivity index (χ1v) is 8.20. The van der Waals surface area contributed by atoms with Crippen molar-refractivity contribution in [3.05, 3.63) is 77.8 Å². The molecule has 0 heterocycles. The van der Waals surface area contributed by atoms with E-state index >= 15 is 0 Å². The molecule has 0 saturated heterocycles. The fraction of sp³-hybridized carbons (Fsp3) is 0.167. The summed E-state index contributed by atoms with van der Waals surface area (Å²) in [4.78, 5) is 16.2. The Morgan fingerprint density at radius 2 is 1.67 bits per heavy atom. The first kappa shape index (κ1) is 22.9. The maximum Gasteiger partial charge on any atom is 0.416 e. The van der Waals surface area contributed by atoms with Crippen molar-refractivity contribution in [3.8, 4) is 0 Å². The van der Waals surface area contributed by atoms with E-state index in [4.69, 9.17) is 5.90 Å². The number of nitrogens with one attached hydrogen (secondary N) is 3. The third-order valence-electron chi connectivity index (χ3n) is 3.65.